The van der Waals surface area contributed by atoms with Gasteiger partial charge in [-0.2, -0.15) is 18.3 Å². The predicted octanol–water partition coefficient (Wildman–Crippen LogP) is 7.39. The smallest absolute Gasteiger partial charge is 0.345 e. The molecule has 0 fully saturated rings. The molecule has 0 bridgehead atoms. The van der Waals surface area contributed by atoms with Gasteiger partial charge in [0.25, 0.3) is 5.91 Å². The number of halogens is 5. The van der Waals surface area contributed by atoms with Gasteiger partial charge in [-0.3, -0.25) is 9.78 Å². The van der Waals surface area contributed by atoms with Crippen molar-refractivity contribution in [3.05, 3.63) is 113 Å². The average molecular weight is 539 g/mol. The number of rotatable bonds is 5. The lowest BCUT2D eigenvalue weighted by Crippen LogP contribution is -2.26. The molecule has 1 amide bonds. The first-order valence-corrected chi connectivity index (χ1v) is 11.9. The Hall–Kier alpha value is -4.24. The van der Waals surface area contributed by atoms with Crippen molar-refractivity contribution in [2.45, 2.75) is 19.1 Å². The first-order chi connectivity index (χ1) is 18.1. The quantitative estimate of drug-likeness (QED) is 0.237. The summed E-state index contributed by atoms with van der Waals surface area (Å²) in [5.41, 5.74) is 2.17. The Morgan fingerprint density at radius 2 is 1.74 bits per heavy atom. The summed E-state index contributed by atoms with van der Waals surface area (Å²) < 4.78 is 53.7. The lowest BCUT2D eigenvalue weighted by molar-refractivity contribution is -0.141. The van der Waals surface area contributed by atoms with Crippen LogP contribution in [-0.4, -0.2) is 20.7 Å². The second kappa shape index (κ2) is 9.90. The fourth-order valence-corrected chi connectivity index (χ4v) is 4.31. The topological polar surface area (TPSA) is 59.8 Å². The van der Waals surface area contributed by atoms with Gasteiger partial charge in [-0.25, -0.2) is 9.07 Å². The van der Waals surface area contributed by atoms with E-state index < -0.39 is 29.6 Å². The number of nitrogens with zero attached hydrogens (tertiary/aromatic N) is 3. The van der Waals surface area contributed by atoms with Crippen LogP contribution in [-0.2, 0) is 6.18 Å². The van der Waals surface area contributed by atoms with Crippen LogP contribution in [0.5, 0.6) is 0 Å². The van der Waals surface area contributed by atoms with Crippen molar-refractivity contribution in [3.8, 4) is 16.9 Å². The number of pyridine rings is 1. The molecule has 2 heterocycles. The van der Waals surface area contributed by atoms with Gasteiger partial charge < -0.3 is 5.32 Å². The molecule has 1 N–H and O–H groups in total. The Morgan fingerprint density at radius 1 is 1.00 bits per heavy atom. The molecule has 1 atom stereocenters. The summed E-state index contributed by atoms with van der Waals surface area (Å²) in [6.45, 7) is 1.65. The Bertz CT molecular complexity index is 1630. The van der Waals surface area contributed by atoms with Crippen LogP contribution >= 0.6 is 11.6 Å². The van der Waals surface area contributed by atoms with Crippen molar-refractivity contribution in [2.75, 3.05) is 0 Å². The second-order valence-corrected chi connectivity index (χ2v) is 9.03. The SMILES string of the molecule is C[C@H](NC(=O)c1ccc2c(-c3ccccc3Cl)nn(-c3ccc(F)cc3)c2c1)c1ccc(C(F)(F)F)nc1. The molecule has 5 aromatic rings. The predicted molar refractivity (Wildman–Crippen MR) is 137 cm³/mol. The van der Waals surface area contributed by atoms with E-state index >= 15 is 0 Å². The van der Waals surface area contributed by atoms with E-state index in [1.165, 1.54) is 18.2 Å². The number of carbonyl (C=O) groups is 1. The molecule has 2 aromatic heterocycles. The monoisotopic (exact) mass is 538 g/mol. The third kappa shape index (κ3) is 4.97. The molecule has 10 heteroatoms. The summed E-state index contributed by atoms with van der Waals surface area (Å²) >= 11 is 6.44. The van der Waals surface area contributed by atoms with Crippen LogP contribution < -0.4 is 5.32 Å². The summed E-state index contributed by atoms with van der Waals surface area (Å²) in [5, 5.41) is 8.74. The molecule has 0 aliphatic rings. The summed E-state index contributed by atoms with van der Waals surface area (Å²) in [6, 6.07) is 19.6. The van der Waals surface area contributed by atoms with Gasteiger partial charge >= 0.3 is 6.18 Å². The highest BCUT2D eigenvalue weighted by atomic mass is 35.5. The van der Waals surface area contributed by atoms with E-state index in [1.54, 1.807) is 54.1 Å². The zero-order valence-electron chi connectivity index (χ0n) is 19.8. The number of hydrogen-bond donors (Lipinski definition) is 1. The number of hydrogen-bond acceptors (Lipinski definition) is 3. The third-order valence-electron chi connectivity index (χ3n) is 6.07. The maximum absolute atomic E-state index is 13.6. The molecule has 0 aliphatic carbocycles. The van der Waals surface area contributed by atoms with Gasteiger partial charge in [-0.1, -0.05) is 35.9 Å². The normalized spacial score (nSPS) is 12.5. The summed E-state index contributed by atoms with van der Waals surface area (Å²) in [5.74, 6) is -0.839. The summed E-state index contributed by atoms with van der Waals surface area (Å²) in [7, 11) is 0. The van der Waals surface area contributed by atoms with E-state index in [2.05, 4.69) is 10.3 Å². The molecule has 3 aromatic carbocycles. The highest BCUT2D eigenvalue weighted by Crippen LogP contribution is 2.34. The van der Waals surface area contributed by atoms with E-state index in [4.69, 9.17) is 16.7 Å². The molecule has 5 nitrogen and oxygen atoms in total. The van der Waals surface area contributed by atoms with Crippen molar-refractivity contribution >= 4 is 28.4 Å². The molecular formula is C28H19ClF4N4O. The minimum absolute atomic E-state index is 0.304. The number of nitrogens with one attached hydrogen (secondary N) is 1. The number of carbonyl (C=O) groups excluding carboxylic acids is 1. The molecule has 0 radical (unpaired) electrons. The van der Waals surface area contributed by atoms with Crippen LogP contribution in [0.25, 0.3) is 27.8 Å². The van der Waals surface area contributed by atoms with Gasteiger partial charge in [-0.05, 0) is 67.1 Å². The molecule has 0 saturated carbocycles. The van der Waals surface area contributed by atoms with Crippen LogP contribution in [0.1, 0.15) is 34.6 Å². The Labute approximate surface area is 219 Å². The molecular weight excluding hydrogens is 520 g/mol. The molecule has 0 unspecified atom stereocenters. The molecule has 0 spiro atoms. The van der Waals surface area contributed by atoms with Gasteiger partial charge in [0.1, 0.15) is 17.2 Å². The Kier molecular flexibility index (Phi) is 6.62. The second-order valence-electron chi connectivity index (χ2n) is 8.62. The Morgan fingerprint density at radius 3 is 2.39 bits per heavy atom. The Balaban J connectivity index is 1.51. The minimum atomic E-state index is -4.54. The van der Waals surface area contributed by atoms with Gasteiger partial charge in [0.15, 0.2) is 0 Å². The van der Waals surface area contributed by atoms with Crippen molar-refractivity contribution < 1.29 is 22.4 Å². The number of amides is 1. The molecule has 38 heavy (non-hydrogen) atoms. The highest BCUT2D eigenvalue weighted by Gasteiger charge is 2.32. The molecule has 192 valence electrons. The first-order valence-electron chi connectivity index (χ1n) is 11.5. The van der Waals surface area contributed by atoms with Crippen LogP contribution in [0.4, 0.5) is 17.6 Å². The van der Waals surface area contributed by atoms with Crippen LogP contribution in [0.3, 0.4) is 0 Å². The van der Waals surface area contributed by atoms with E-state index in [9.17, 15) is 22.4 Å². The lowest BCUT2D eigenvalue weighted by atomic mass is 10.0. The van der Waals surface area contributed by atoms with Crippen LogP contribution in [0, 0.1) is 5.82 Å². The van der Waals surface area contributed by atoms with Crippen LogP contribution in [0.15, 0.2) is 85.1 Å². The van der Waals surface area contributed by atoms with Gasteiger partial charge in [0, 0.05) is 22.7 Å². The lowest BCUT2D eigenvalue weighted by Gasteiger charge is -2.15. The molecule has 0 saturated heterocycles. The fraction of sp³-hybridized carbons (Fsp3) is 0.107. The van der Waals surface area contributed by atoms with Crippen molar-refractivity contribution in [1.29, 1.82) is 0 Å². The van der Waals surface area contributed by atoms with E-state index in [1.807, 2.05) is 12.1 Å². The zero-order chi connectivity index (χ0) is 27.0. The standard InChI is InChI=1S/C28H19ClF4N4O/c1-16(18-7-13-25(34-15-18)28(31,32)33)35-27(38)17-6-12-22-24(14-17)37(20-10-8-19(30)9-11-20)36-26(22)21-4-2-3-5-23(21)29/h2-16H,1H3,(H,35,38)/t16-/m0/s1. The molecule has 0 aliphatic heterocycles. The highest BCUT2D eigenvalue weighted by molar-refractivity contribution is 6.33. The summed E-state index contributed by atoms with van der Waals surface area (Å²) in [4.78, 5) is 16.6. The number of alkyl halides is 3. The molecule has 5 rings (SSSR count). The van der Waals surface area contributed by atoms with E-state index in [0.29, 0.717) is 38.6 Å². The number of benzene rings is 3. The van der Waals surface area contributed by atoms with E-state index in [-0.39, 0.29) is 0 Å². The summed E-state index contributed by atoms with van der Waals surface area (Å²) in [6.07, 6.45) is -3.45. The van der Waals surface area contributed by atoms with Crippen molar-refractivity contribution in [2.24, 2.45) is 0 Å². The van der Waals surface area contributed by atoms with Gasteiger partial charge in [0.05, 0.1) is 22.3 Å². The minimum Gasteiger partial charge on any atom is -0.345 e. The fourth-order valence-electron chi connectivity index (χ4n) is 4.08. The van der Waals surface area contributed by atoms with Gasteiger partial charge in [-0.15, -0.1) is 0 Å². The number of fused-ring (bicyclic) bond motifs is 1. The van der Waals surface area contributed by atoms with E-state index in [0.717, 1.165) is 17.6 Å². The van der Waals surface area contributed by atoms with Gasteiger partial charge in [0.2, 0.25) is 0 Å². The average Bonchev–Trinajstić information content (AvgIpc) is 3.27. The number of aromatic nitrogens is 3. The maximum Gasteiger partial charge on any atom is 0.433 e. The third-order valence-corrected chi connectivity index (χ3v) is 6.40. The van der Waals surface area contributed by atoms with Crippen molar-refractivity contribution in [3.63, 3.8) is 0 Å². The largest absolute Gasteiger partial charge is 0.433 e. The van der Waals surface area contributed by atoms with Crippen molar-refractivity contribution in [1.82, 2.24) is 20.1 Å². The van der Waals surface area contributed by atoms with Crippen LogP contribution in [0.2, 0.25) is 5.02 Å². The first kappa shape index (κ1) is 25.4. The zero-order valence-corrected chi connectivity index (χ0v) is 20.6. The maximum atomic E-state index is 13.6.